The normalized spacial score (nSPS) is 18.5. The van der Waals surface area contributed by atoms with Crippen LogP contribution in [0.4, 0.5) is 10.6 Å². The molecule has 2 N–H and O–H groups in total. The molecular formula is C25H27N5O3. The van der Waals surface area contributed by atoms with Gasteiger partial charge in [-0.15, -0.1) is 0 Å². The summed E-state index contributed by atoms with van der Waals surface area (Å²) in [7, 11) is 0. The first-order valence-electron chi connectivity index (χ1n) is 11.3. The summed E-state index contributed by atoms with van der Waals surface area (Å²) in [4.78, 5) is 25.7. The van der Waals surface area contributed by atoms with E-state index in [9.17, 15) is 9.90 Å². The molecule has 170 valence electrons. The lowest BCUT2D eigenvalue weighted by Crippen LogP contribution is -2.36. The second-order valence-electron chi connectivity index (χ2n) is 8.85. The number of carbonyl (C=O) groups is 1. The van der Waals surface area contributed by atoms with Gasteiger partial charge in [-0.05, 0) is 75.3 Å². The molecule has 1 aromatic carbocycles. The van der Waals surface area contributed by atoms with Gasteiger partial charge >= 0.3 is 6.09 Å². The quantitative estimate of drug-likeness (QED) is 0.409. The van der Waals surface area contributed by atoms with Gasteiger partial charge in [0.1, 0.15) is 17.4 Å². The van der Waals surface area contributed by atoms with E-state index in [1.54, 1.807) is 18.3 Å². The van der Waals surface area contributed by atoms with Gasteiger partial charge in [0.2, 0.25) is 0 Å². The van der Waals surface area contributed by atoms with Gasteiger partial charge < -0.3 is 14.6 Å². The van der Waals surface area contributed by atoms with Crippen molar-refractivity contribution in [3.05, 3.63) is 59.9 Å². The number of nitrogens with one attached hydrogen (secondary N) is 1. The molecule has 4 aromatic rings. The van der Waals surface area contributed by atoms with E-state index in [2.05, 4.69) is 27.3 Å². The molecule has 0 bridgehead atoms. The molecule has 1 saturated carbocycles. The van der Waals surface area contributed by atoms with Gasteiger partial charge in [0.25, 0.3) is 0 Å². The smallest absolute Gasteiger partial charge is 0.413 e. The van der Waals surface area contributed by atoms with Crippen LogP contribution < -0.4 is 4.90 Å². The summed E-state index contributed by atoms with van der Waals surface area (Å²) in [6.07, 6.45) is 4.56. The van der Waals surface area contributed by atoms with Crippen molar-refractivity contribution in [1.29, 1.82) is 0 Å². The number of nitrogens with zero attached hydrogens (tertiary/aromatic N) is 4. The van der Waals surface area contributed by atoms with Crippen molar-refractivity contribution < 1.29 is 14.4 Å². The van der Waals surface area contributed by atoms with Gasteiger partial charge in [0, 0.05) is 24.2 Å². The molecule has 8 heteroatoms. The molecule has 0 atom stereocenters. The van der Waals surface area contributed by atoms with E-state index in [-0.39, 0.29) is 0 Å². The van der Waals surface area contributed by atoms with Crippen LogP contribution in [0.1, 0.15) is 48.9 Å². The van der Waals surface area contributed by atoms with Gasteiger partial charge in [-0.2, -0.15) is 0 Å². The highest BCUT2D eigenvalue weighted by molar-refractivity contribution is 5.84. The Labute approximate surface area is 191 Å². The lowest BCUT2D eigenvalue weighted by molar-refractivity contribution is 0.198. The zero-order valence-corrected chi connectivity index (χ0v) is 18.8. The highest BCUT2D eigenvalue weighted by atomic mass is 16.5. The third-order valence-electron chi connectivity index (χ3n) is 6.65. The number of amides is 1. The number of rotatable bonds is 5. The molecule has 3 aromatic heterocycles. The zero-order chi connectivity index (χ0) is 22.9. The molecule has 1 fully saturated rings. The monoisotopic (exact) mass is 445 g/mol. The topological polar surface area (TPSA) is 108 Å². The number of imidazole rings is 1. The number of hydrogen-bond acceptors (Lipinski definition) is 5. The van der Waals surface area contributed by atoms with Crippen molar-refractivity contribution in [3.8, 4) is 11.1 Å². The van der Waals surface area contributed by atoms with Crippen LogP contribution in [-0.4, -0.2) is 37.9 Å². The Bertz CT molecular complexity index is 1250. The van der Waals surface area contributed by atoms with Crippen molar-refractivity contribution >= 4 is 22.9 Å². The average Bonchev–Trinajstić information content (AvgIpc) is 3.40. The molecular weight excluding hydrogens is 418 g/mol. The second-order valence-corrected chi connectivity index (χ2v) is 8.85. The highest BCUT2D eigenvalue weighted by Crippen LogP contribution is 2.37. The molecule has 8 nitrogen and oxygen atoms in total. The molecule has 0 spiro atoms. The predicted molar refractivity (Wildman–Crippen MR) is 125 cm³/mol. The third-order valence-corrected chi connectivity index (χ3v) is 6.65. The molecule has 5 rings (SSSR count). The number of anilines is 1. The first-order chi connectivity index (χ1) is 16.0. The standard InChI is InChI=1S/C25H27N5O3/c1-15-23(16(2)33-29-15)19-10-11-20-21(13-19)28-24(27-20)18-8-6-17(7-9-18)14-30(25(31)32)22-5-3-4-12-26-22/h3-5,10-13,17-18H,6-9,14H2,1-2H3,(H,27,28)(H,31,32). The van der Waals surface area contributed by atoms with Crippen molar-refractivity contribution in [2.75, 3.05) is 11.4 Å². The van der Waals surface area contributed by atoms with Gasteiger partial charge in [0.05, 0.1) is 16.7 Å². The number of aromatic amines is 1. The van der Waals surface area contributed by atoms with Crippen LogP contribution in [0.2, 0.25) is 0 Å². The molecule has 0 aliphatic heterocycles. The SMILES string of the molecule is Cc1noc(C)c1-c1ccc2nc(C3CCC(CN(C(=O)O)c4ccccn4)CC3)[nH]c2c1. The lowest BCUT2D eigenvalue weighted by atomic mass is 9.81. The Morgan fingerprint density at radius 2 is 2.00 bits per heavy atom. The van der Waals surface area contributed by atoms with E-state index in [1.807, 2.05) is 26.0 Å². The summed E-state index contributed by atoms with van der Waals surface area (Å²) in [6, 6.07) is 11.6. The maximum atomic E-state index is 11.8. The maximum absolute atomic E-state index is 11.8. The third kappa shape index (κ3) is 4.20. The average molecular weight is 446 g/mol. The zero-order valence-electron chi connectivity index (χ0n) is 18.8. The van der Waals surface area contributed by atoms with Crippen molar-refractivity contribution in [3.63, 3.8) is 0 Å². The van der Waals surface area contributed by atoms with Crippen LogP contribution >= 0.6 is 0 Å². The van der Waals surface area contributed by atoms with Crippen LogP contribution in [0.3, 0.4) is 0 Å². The summed E-state index contributed by atoms with van der Waals surface area (Å²) in [5.74, 6) is 2.97. The fraction of sp³-hybridized carbons (Fsp3) is 0.360. The Morgan fingerprint density at radius 1 is 1.18 bits per heavy atom. The number of fused-ring (bicyclic) bond motifs is 1. The maximum Gasteiger partial charge on any atom is 0.413 e. The summed E-state index contributed by atoms with van der Waals surface area (Å²) in [6.45, 7) is 4.35. The van der Waals surface area contributed by atoms with E-state index >= 15 is 0 Å². The fourth-order valence-electron chi connectivity index (χ4n) is 4.93. The van der Waals surface area contributed by atoms with Crippen molar-refractivity contribution in [2.24, 2.45) is 5.92 Å². The predicted octanol–water partition coefficient (Wildman–Crippen LogP) is 5.69. The Morgan fingerprint density at radius 3 is 2.67 bits per heavy atom. The van der Waals surface area contributed by atoms with E-state index in [0.29, 0.717) is 24.2 Å². The lowest BCUT2D eigenvalue weighted by Gasteiger charge is -2.30. The summed E-state index contributed by atoms with van der Waals surface area (Å²) < 4.78 is 5.32. The largest absolute Gasteiger partial charge is 0.465 e. The minimum Gasteiger partial charge on any atom is -0.465 e. The number of H-pyrrole nitrogens is 1. The van der Waals surface area contributed by atoms with Gasteiger partial charge in [0.15, 0.2) is 0 Å². The number of pyridine rings is 1. The molecule has 1 aliphatic carbocycles. The first kappa shape index (κ1) is 21.2. The van der Waals surface area contributed by atoms with E-state index < -0.39 is 6.09 Å². The fourth-order valence-corrected chi connectivity index (χ4v) is 4.93. The molecule has 0 saturated heterocycles. The number of aromatic nitrogens is 4. The minimum absolute atomic E-state index is 0.315. The molecule has 1 aliphatic rings. The Kier molecular flexibility index (Phi) is 5.58. The number of aryl methyl sites for hydroxylation is 2. The number of carboxylic acid groups (broad SMARTS) is 1. The minimum atomic E-state index is -0.956. The molecule has 3 heterocycles. The van der Waals surface area contributed by atoms with E-state index in [4.69, 9.17) is 9.51 Å². The summed E-state index contributed by atoms with van der Waals surface area (Å²) in [5.41, 5.74) is 4.95. The van der Waals surface area contributed by atoms with E-state index in [0.717, 1.165) is 65.1 Å². The number of hydrogen-bond donors (Lipinski definition) is 2. The van der Waals surface area contributed by atoms with Crippen LogP contribution in [-0.2, 0) is 0 Å². The highest BCUT2D eigenvalue weighted by Gasteiger charge is 2.28. The molecule has 0 unspecified atom stereocenters. The Balaban J connectivity index is 1.28. The van der Waals surface area contributed by atoms with Crippen LogP contribution in [0, 0.1) is 19.8 Å². The second kappa shape index (κ2) is 8.69. The molecule has 0 radical (unpaired) electrons. The van der Waals surface area contributed by atoms with E-state index in [1.165, 1.54) is 4.90 Å². The Hall–Kier alpha value is -3.68. The molecule has 33 heavy (non-hydrogen) atoms. The van der Waals surface area contributed by atoms with Crippen LogP contribution in [0.25, 0.3) is 22.2 Å². The van der Waals surface area contributed by atoms with Gasteiger partial charge in [-0.3, -0.25) is 4.90 Å². The van der Waals surface area contributed by atoms with Crippen LogP contribution in [0.15, 0.2) is 47.1 Å². The van der Waals surface area contributed by atoms with Crippen LogP contribution in [0.5, 0.6) is 0 Å². The first-order valence-corrected chi connectivity index (χ1v) is 11.3. The number of benzene rings is 1. The van der Waals surface area contributed by atoms with Crippen molar-refractivity contribution in [1.82, 2.24) is 20.1 Å². The van der Waals surface area contributed by atoms with Gasteiger partial charge in [-0.25, -0.2) is 14.8 Å². The summed E-state index contributed by atoms with van der Waals surface area (Å²) in [5, 5.41) is 13.7. The van der Waals surface area contributed by atoms with Crippen molar-refractivity contribution in [2.45, 2.75) is 45.4 Å². The summed E-state index contributed by atoms with van der Waals surface area (Å²) >= 11 is 0. The molecule has 1 amide bonds. The van der Waals surface area contributed by atoms with Gasteiger partial charge in [-0.1, -0.05) is 17.3 Å².